The third-order valence-electron chi connectivity index (χ3n) is 3.33. The van der Waals surface area contributed by atoms with Gasteiger partial charge in [-0.2, -0.15) is 0 Å². The van der Waals surface area contributed by atoms with E-state index in [4.69, 9.17) is 16.3 Å². The zero-order chi connectivity index (χ0) is 14.7. The highest BCUT2D eigenvalue weighted by Gasteiger charge is 2.23. The van der Waals surface area contributed by atoms with Crippen LogP contribution in [0, 0.1) is 0 Å². The molecule has 2 heterocycles. The maximum absolute atomic E-state index is 12.4. The summed E-state index contributed by atoms with van der Waals surface area (Å²) >= 11 is 6.05. The smallest absolute Gasteiger partial charge is 0.273 e. The van der Waals surface area contributed by atoms with Gasteiger partial charge in [-0.1, -0.05) is 25.4 Å². The number of likely N-dealkylation sites (N-methyl/N-ethyl adjacent to an activating group) is 1. The number of hydrogen-bond donors (Lipinski definition) is 0. The Kier molecular flexibility index (Phi) is 4.94. The lowest BCUT2D eigenvalue weighted by Gasteiger charge is -2.21. The van der Waals surface area contributed by atoms with Crippen molar-refractivity contribution in [3.8, 4) is 0 Å². The van der Waals surface area contributed by atoms with Crippen LogP contribution >= 0.6 is 11.6 Å². The molecular weight excluding hydrogens is 278 g/mol. The molecule has 1 unspecified atom stereocenters. The summed E-state index contributed by atoms with van der Waals surface area (Å²) in [6, 6.07) is 0. The molecule has 1 aliphatic heterocycles. The van der Waals surface area contributed by atoms with Gasteiger partial charge >= 0.3 is 0 Å². The van der Waals surface area contributed by atoms with Crippen molar-refractivity contribution in [2.24, 2.45) is 0 Å². The topological polar surface area (TPSA) is 55.3 Å². The van der Waals surface area contributed by atoms with E-state index in [2.05, 4.69) is 9.97 Å². The molecule has 0 radical (unpaired) electrons. The molecule has 1 amide bonds. The lowest BCUT2D eigenvalue weighted by Crippen LogP contribution is -2.35. The fraction of sp³-hybridized carbons (Fsp3) is 0.643. The molecule has 20 heavy (non-hydrogen) atoms. The van der Waals surface area contributed by atoms with Gasteiger partial charge in [-0.3, -0.25) is 4.79 Å². The number of ether oxygens (including phenoxy) is 1. The van der Waals surface area contributed by atoms with Crippen molar-refractivity contribution < 1.29 is 9.53 Å². The van der Waals surface area contributed by atoms with Gasteiger partial charge in [-0.15, -0.1) is 0 Å². The van der Waals surface area contributed by atoms with Crippen LogP contribution in [0.25, 0.3) is 0 Å². The maximum Gasteiger partial charge on any atom is 0.273 e. The monoisotopic (exact) mass is 297 g/mol. The van der Waals surface area contributed by atoms with Gasteiger partial charge in [0.05, 0.1) is 17.3 Å². The van der Waals surface area contributed by atoms with Crippen LogP contribution in [0.1, 0.15) is 48.9 Å². The molecule has 6 heteroatoms. The summed E-state index contributed by atoms with van der Waals surface area (Å²) in [7, 11) is 1.75. The summed E-state index contributed by atoms with van der Waals surface area (Å²) in [6.45, 7) is 5.30. The van der Waals surface area contributed by atoms with Gasteiger partial charge in [0.1, 0.15) is 5.82 Å². The Morgan fingerprint density at radius 2 is 2.35 bits per heavy atom. The van der Waals surface area contributed by atoms with E-state index >= 15 is 0 Å². The minimum absolute atomic E-state index is 0.120. The molecule has 5 nitrogen and oxygen atoms in total. The predicted molar refractivity (Wildman–Crippen MR) is 77.1 cm³/mol. The molecular formula is C14H20ClN3O2. The first kappa shape index (κ1) is 15.2. The van der Waals surface area contributed by atoms with Crippen molar-refractivity contribution in [1.29, 1.82) is 0 Å². The molecule has 1 fully saturated rings. The third-order valence-corrected chi connectivity index (χ3v) is 3.61. The van der Waals surface area contributed by atoms with Gasteiger partial charge in [-0.25, -0.2) is 9.97 Å². The Bertz CT molecular complexity index is 487. The highest BCUT2D eigenvalue weighted by atomic mass is 35.5. The first-order valence-electron chi connectivity index (χ1n) is 6.88. The van der Waals surface area contributed by atoms with Crippen LogP contribution in [-0.2, 0) is 4.74 Å². The molecule has 1 aromatic heterocycles. The quantitative estimate of drug-likeness (QED) is 0.857. The van der Waals surface area contributed by atoms with Gasteiger partial charge in [0, 0.05) is 26.1 Å². The largest absolute Gasteiger partial charge is 0.376 e. The molecule has 1 atom stereocenters. The molecule has 1 saturated heterocycles. The second-order valence-electron chi connectivity index (χ2n) is 5.40. The molecule has 0 spiro atoms. The summed E-state index contributed by atoms with van der Waals surface area (Å²) in [5.74, 6) is 0.598. The molecule has 0 aliphatic carbocycles. The van der Waals surface area contributed by atoms with E-state index in [1.807, 2.05) is 13.8 Å². The standard InChI is InChI=1S/C14H20ClN3O2/c1-9(2)13-16-7-11(15)12(17-13)14(19)18(3)8-10-5-4-6-20-10/h7,9-10H,4-6,8H2,1-3H3. The molecule has 2 rings (SSSR count). The van der Waals surface area contributed by atoms with E-state index in [-0.39, 0.29) is 23.6 Å². The van der Waals surface area contributed by atoms with E-state index in [0.29, 0.717) is 17.4 Å². The van der Waals surface area contributed by atoms with Gasteiger partial charge in [-0.05, 0) is 12.8 Å². The van der Waals surface area contributed by atoms with Crippen LogP contribution in [0.2, 0.25) is 5.02 Å². The van der Waals surface area contributed by atoms with Crippen molar-refractivity contribution in [1.82, 2.24) is 14.9 Å². The van der Waals surface area contributed by atoms with Gasteiger partial charge in [0.15, 0.2) is 5.69 Å². The van der Waals surface area contributed by atoms with E-state index in [1.165, 1.54) is 6.20 Å². The number of aromatic nitrogens is 2. The number of hydrogen-bond acceptors (Lipinski definition) is 4. The number of amides is 1. The average Bonchev–Trinajstić information content (AvgIpc) is 2.91. The third kappa shape index (κ3) is 3.46. The first-order chi connectivity index (χ1) is 9.49. The minimum atomic E-state index is -0.185. The number of halogens is 1. The Morgan fingerprint density at radius 1 is 1.60 bits per heavy atom. The Hall–Kier alpha value is -1.20. The van der Waals surface area contributed by atoms with Gasteiger partial charge < -0.3 is 9.64 Å². The van der Waals surface area contributed by atoms with Crippen molar-refractivity contribution in [3.63, 3.8) is 0 Å². The Balaban J connectivity index is 2.12. The molecule has 1 aliphatic rings. The van der Waals surface area contributed by atoms with Crippen LogP contribution in [0.15, 0.2) is 6.20 Å². The van der Waals surface area contributed by atoms with E-state index in [1.54, 1.807) is 11.9 Å². The fourth-order valence-electron chi connectivity index (χ4n) is 2.17. The minimum Gasteiger partial charge on any atom is -0.376 e. The summed E-state index contributed by atoms with van der Waals surface area (Å²) in [4.78, 5) is 22.5. The van der Waals surface area contributed by atoms with Crippen molar-refractivity contribution in [3.05, 3.63) is 22.7 Å². The molecule has 1 aromatic rings. The summed E-state index contributed by atoms with van der Waals surface area (Å²) in [6.07, 6.45) is 3.66. The first-order valence-corrected chi connectivity index (χ1v) is 7.26. The van der Waals surface area contributed by atoms with Crippen LogP contribution in [0.3, 0.4) is 0 Å². The number of rotatable bonds is 4. The molecule has 0 aromatic carbocycles. The maximum atomic E-state index is 12.4. The average molecular weight is 298 g/mol. The lowest BCUT2D eigenvalue weighted by molar-refractivity contribution is 0.0582. The lowest BCUT2D eigenvalue weighted by atomic mass is 10.2. The molecule has 0 bridgehead atoms. The van der Waals surface area contributed by atoms with E-state index < -0.39 is 0 Å². The van der Waals surface area contributed by atoms with E-state index in [0.717, 1.165) is 19.4 Å². The SMILES string of the molecule is CC(C)c1ncc(Cl)c(C(=O)N(C)CC2CCCO2)n1. The van der Waals surface area contributed by atoms with Gasteiger partial charge in [0.25, 0.3) is 5.91 Å². The van der Waals surface area contributed by atoms with Crippen LogP contribution < -0.4 is 0 Å². The number of carbonyl (C=O) groups excluding carboxylic acids is 1. The van der Waals surface area contributed by atoms with Crippen molar-refractivity contribution in [2.75, 3.05) is 20.2 Å². The Labute approximate surface area is 124 Å². The molecule has 0 N–H and O–H groups in total. The normalized spacial score (nSPS) is 18.6. The zero-order valence-electron chi connectivity index (χ0n) is 12.1. The van der Waals surface area contributed by atoms with E-state index in [9.17, 15) is 4.79 Å². The highest BCUT2D eigenvalue weighted by Crippen LogP contribution is 2.19. The second kappa shape index (κ2) is 6.50. The van der Waals surface area contributed by atoms with Gasteiger partial charge in [0.2, 0.25) is 0 Å². The fourth-order valence-corrected chi connectivity index (χ4v) is 2.34. The zero-order valence-corrected chi connectivity index (χ0v) is 12.9. The Morgan fingerprint density at radius 3 is 2.95 bits per heavy atom. The molecule has 110 valence electrons. The van der Waals surface area contributed by atoms with Crippen molar-refractivity contribution in [2.45, 2.75) is 38.7 Å². The number of carbonyl (C=O) groups is 1. The second-order valence-corrected chi connectivity index (χ2v) is 5.81. The van der Waals surface area contributed by atoms with Crippen LogP contribution in [0.4, 0.5) is 0 Å². The highest BCUT2D eigenvalue weighted by molar-refractivity contribution is 6.33. The van der Waals surface area contributed by atoms with Crippen LogP contribution in [-0.4, -0.2) is 47.1 Å². The number of nitrogens with zero attached hydrogens (tertiary/aromatic N) is 3. The molecule has 0 saturated carbocycles. The summed E-state index contributed by atoms with van der Waals surface area (Å²) < 4.78 is 5.54. The predicted octanol–water partition coefficient (Wildman–Crippen LogP) is 2.50. The summed E-state index contributed by atoms with van der Waals surface area (Å²) in [5.41, 5.74) is 0.269. The van der Waals surface area contributed by atoms with Crippen molar-refractivity contribution >= 4 is 17.5 Å². The summed E-state index contributed by atoms with van der Waals surface area (Å²) in [5, 5.41) is 0.290. The van der Waals surface area contributed by atoms with Crippen LogP contribution in [0.5, 0.6) is 0 Å².